The van der Waals surface area contributed by atoms with Gasteiger partial charge in [-0.25, -0.2) is 9.38 Å². The Labute approximate surface area is 160 Å². The van der Waals surface area contributed by atoms with E-state index in [1.807, 2.05) is 0 Å². The second-order valence-electron chi connectivity index (χ2n) is 4.62. The fourth-order valence-electron chi connectivity index (χ4n) is 1.99. The summed E-state index contributed by atoms with van der Waals surface area (Å²) in [6.45, 7) is -3.32. The number of ether oxygens (including phenoxy) is 2. The van der Waals surface area contributed by atoms with Gasteiger partial charge in [0.25, 0.3) is 0 Å². The lowest BCUT2D eigenvalue weighted by Gasteiger charge is -2.12. The summed E-state index contributed by atoms with van der Waals surface area (Å²) in [7, 11) is 1.50. The minimum atomic E-state index is -3.06. The summed E-state index contributed by atoms with van der Waals surface area (Å²) in [5, 5.41) is 2.80. The molecule has 0 radical (unpaired) electrons. The molecule has 2 aromatic carbocycles. The molecule has 9 heteroatoms. The Hall–Kier alpha value is -2.17. The molecule has 3 N–H and O–H groups in total. The fraction of sp³-hybridized carbons (Fsp3) is 0.188. The zero-order valence-electron chi connectivity index (χ0n) is 13.2. The van der Waals surface area contributed by atoms with Gasteiger partial charge in [-0.3, -0.25) is 0 Å². The van der Waals surface area contributed by atoms with Crippen LogP contribution in [0.4, 0.5) is 18.9 Å². The molecule has 0 aliphatic rings. The van der Waals surface area contributed by atoms with Crippen molar-refractivity contribution in [1.82, 2.24) is 0 Å². The van der Waals surface area contributed by atoms with Crippen LogP contribution < -0.4 is 20.5 Å². The molecule has 5 nitrogen and oxygen atoms in total. The lowest BCUT2D eigenvalue weighted by molar-refractivity contribution is -0.0506. The number of aliphatic imine (C=N–C) groups is 1. The van der Waals surface area contributed by atoms with Crippen LogP contribution in [0.5, 0.6) is 11.5 Å². The molecule has 0 amide bonds. The standard InChI is InChI=1S/C16H16F3N3O2.HI/c1-23-14-7-3-2-6-12(14)22-16(20)21-9-10-11(17)5-4-8-13(10)24-15(18)19;/h2-8,15H,9H2,1H3,(H3,20,21,22);1H. The van der Waals surface area contributed by atoms with Gasteiger partial charge < -0.3 is 20.5 Å². The first-order chi connectivity index (χ1) is 11.5. The third-order valence-corrected chi connectivity index (χ3v) is 3.07. The Kier molecular flexibility index (Phi) is 8.32. The molecule has 0 heterocycles. The number of benzene rings is 2. The predicted octanol–water partition coefficient (Wildman–Crippen LogP) is 3.98. The maximum Gasteiger partial charge on any atom is 0.387 e. The fourth-order valence-corrected chi connectivity index (χ4v) is 1.99. The van der Waals surface area contributed by atoms with Crippen molar-refractivity contribution in [3.63, 3.8) is 0 Å². The lowest BCUT2D eigenvalue weighted by Crippen LogP contribution is -2.23. The molecule has 0 saturated heterocycles. The number of nitrogens with one attached hydrogen (secondary N) is 1. The van der Waals surface area contributed by atoms with Gasteiger partial charge in [0.1, 0.15) is 17.3 Å². The highest BCUT2D eigenvalue weighted by Crippen LogP contribution is 2.25. The van der Waals surface area contributed by atoms with Crippen LogP contribution in [0, 0.1) is 5.82 Å². The van der Waals surface area contributed by atoms with Crippen molar-refractivity contribution in [2.75, 3.05) is 12.4 Å². The number of para-hydroxylation sites is 2. The molecule has 2 rings (SSSR count). The van der Waals surface area contributed by atoms with Gasteiger partial charge in [-0.15, -0.1) is 24.0 Å². The van der Waals surface area contributed by atoms with Crippen LogP contribution in [-0.2, 0) is 6.54 Å². The van der Waals surface area contributed by atoms with Crippen LogP contribution in [0.3, 0.4) is 0 Å². The molecule has 0 spiro atoms. The van der Waals surface area contributed by atoms with E-state index in [1.54, 1.807) is 24.3 Å². The van der Waals surface area contributed by atoms with Gasteiger partial charge in [-0.2, -0.15) is 8.78 Å². The number of hydrogen-bond acceptors (Lipinski definition) is 3. The third kappa shape index (κ3) is 6.00. The van der Waals surface area contributed by atoms with Crippen LogP contribution in [0.25, 0.3) is 0 Å². The van der Waals surface area contributed by atoms with Crippen molar-refractivity contribution >= 4 is 35.6 Å². The van der Waals surface area contributed by atoms with Gasteiger partial charge in [0.15, 0.2) is 5.96 Å². The molecule has 25 heavy (non-hydrogen) atoms. The van der Waals surface area contributed by atoms with Gasteiger partial charge >= 0.3 is 6.61 Å². The van der Waals surface area contributed by atoms with E-state index >= 15 is 0 Å². The highest BCUT2D eigenvalue weighted by molar-refractivity contribution is 14.0. The number of nitrogens with two attached hydrogens (primary N) is 1. The van der Waals surface area contributed by atoms with E-state index < -0.39 is 12.4 Å². The number of nitrogens with zero attached hydrogens (tertiary/aromatic N) is 1. The zero-order valence-corrected chi connectivity index (χ0v) is 15.5. The molecule has 0 fully saturated rings. The van der Waals surface area contributed by atoms with E-state index in [1.165, 1.54) is 19.2 Å². The number of rotatable bonds is 6. The average molecular weight is 467 g/mol. The third-order valence-electron chi connectivity index (χ3n) is 3.07. The van der Waals surface area contributed by atoms with E-state index in [0.717, 1.165) is 6.07 Å². The average Bonchev–Trinajstić information content (AvgIpc) is 2.54. The van der Waals surface area contributed by atoms with Crippen LogP contribution in [0.1, 0.15) is 5.56 Å². The summed E-state index contributed by atoms with van der Waals surface area (Å²) in [6, 6.07) is 10.6. The minimum Gasteiger partial charge on any atom is -0.495 e. The van der Waals surface area contributed by atoms with Crippen molar-refractivity contribution < 1.29 is 22.6 Å². The number of anilines is 1. The van der Waals surface area contributed by atoms with Crippen LogP contribution in [0.2, 0.25) is 0 Å². The van der Waals surface area contributed by atoms with Crippen molar-refractivity contribution in [2.24, 2.45) is 10.7 Å². The first-order valence-corrected chi connectivity index (χ1v) is 6.93. The summed E-state index contributed by atoms with van der Waals surface area (Å²) < 4.78 is 48.0. The largest absolute Gasteiger partial charge is 0.495 e. The summed E-state index contributed by atoms with van der Waals surface area (Å²) in [6.07, 6.45) is 0. The molecule has 0 bridgehead atoms. The number of methoxy groups -OCH3 is 1. The molecule has 0 unspecified atom stereocenters. The summed E-state index contributed by atoms with van der Waals surface area (Å²) in [5.41, 5.74) is 6.21. The Morgan fingerprint density at radius 1 is 1.16 bits per heavy atom. The summed E-state index contributed by atoms with van der Waals surface area (Å²) >= 11 is 0. The van der Waals surface area contributed by atoms with Crippen molar-refractivity contribution in [3.8, 4) is 11.5 Å². The maximum absolute atomic E-state index is 13.8. The van der Waals surface area contributed by atoms with Crippen molar-refractivity contribution in [2.45, 2.75) is 13.2 Å². The Balaban J connectivity index is 0.00000312. The van der Waals surface area contributed by atoms with Crippen LogP contribution in [-0.4, -0.2) is 19.7 Å². The topological polar surface area (TPSA) is 68.9 Å². The van der Waals surface area contributed by atoms with Gasteiger partial charge in [0.2, 0.25) is 0 Å². The van der Waals surface area contributed by atoms with E-state index in [-0.39, 0.29) is 47.8 Å². The van der Waals surface area contributed by atoms with E-state index in [0.29, 0.717) is 11.4 Å². The molecule has 0 atom stereocenters. The van der Waals surface area contributed by atoms with E-state index in [2.05, 4.69) is 15.0 Å². The maximum atomic E-state index is 13.8. The summed E-state index contributed by atoms with van der Waals surface area (Å²) in [5.74, 6) is -0.463. The van der Waals surface area contributed by atoms with Gasteiger partial charge in [-0.05, 0) is 24.3 Å². The van der Waals surface area contributed by atoms with Crippen molar-refractivity contribution in [3.05, 3.63) is 53.8 Å². The van der Waals surface area contributed by atoms with Crippen LogP contribution >= 0.6 is 24.0 Å². The first kappa shape index (κ1) is 20.9. The monoisotopic (exact) mass is 467 g/mol. The SMILES string of the molecule is COc1ccccc1NC(N)=NCc1c(F)cccc1OC(F)F.I. The van der Waals surface area contributed by atoms with Gasteiger partial charge in [-0.1, -0.05) is 18.2 Å². The second kappa shape index (κ2) is 9.97. The molecular formula is C16H17F3IN3O2. The van der Waals surface area contributed by atoms with Gasteiger partial charge in [0, 0.05) is 0 Å². The molecule has 0 aliphatic carbocycles. The number of alkyl halides is 2. The smallest absolute Gasteiger partial charge is 0.387 e. The van der Waals surface area contributed by atoms with Crippen LogP contribution in [0.15, 0.2) is 47.5 Å². The quantitative estimate of drug-likeness (QED) is 0.383. The lowest BCUT2D eigenvalue weighted by atomic mass is 10.2. The molecule has 0 aromatic heterocycles. The van der Waals surface area contributed by atoms with E-state index in [9.17, 15) is 13.2 Å². The molecule has 0 aliphatic heterocycles. The molecule has 136 valence electrons. The highest BCUT2D eigenvalue weighted by Gasteiger charge is 2.13. The zero-order chi connectivity index (χ0) is 17.5. The first-order valence-electron chi connectivity index (χ1n) is 6.93. The molecular weight excluding hydrogens is 450 g/mol. The Morgan fingerprint density at radius 3 is 2.52 bits per heavy atom. The second-order valence-corrected chi connectivity index (χ2v) is 4.62. The summed E-state index contributed by atoms with van der Waals surface area (Å²) in [4.78, 5) is 3.96. The normalized spacial score (nSPS) is 11.0. The van der Waals surface area contributed by atoms with Crippen molar-refractivity contribution in [1.29, 1.82) is 0 Å². The Morgan fingerprint density at radius 2 is 1.84 bits per heavy atom. The molecule has 0 saturated carbocycles. The number of guanidine groups is 1. The minimum absolute atomic E-state index is 0. The highest BCUT2D eigenvalue weighted by atomic mass is 127. The Bertz CT molecular complexity index is 730. The van der Waals surface area contributed by atoms with E-state index in [4.69, 9.17) is 10.5 Å². The number of hydrogen-bond donors (Lipinski definition) is 2. The molecule has 2 aromatic rings. The number of halogens is 4. The van der Waals surface area contributed by atoms with Gasteiger partial charge in [0.05, 0.1) is 24.9 Å². The predicted molar refractivity (Wildman–Crippen MR) is 100 cm³/mol.